The van der Waals surface area contributed by atoms with Crippen LogP contribution in [0, 0.1) is 0 Å². The fraction of sp³-hybridized carbons (Fsp3) is 0.267. The molecule has 1 aromatic heterocycles. The summed E-state index contributed by atoms with van der Waals surface area (Å²) in [7, 11) is 1.64. The van der Waals surface area contributed by atoms with Crippen molar-refractivity contribution in [2.75, 3.05) is 13.7 Å². The molecular weight excluding hydrogens is 276 g/mol. The normalized spacial score (nSPS) is 10.3. The first-order valence-corrected chi connectivity index (χ1v) is 6.70. The maximum absolute atomic E-state index is 6.06. The van der Waals surface area contributed by atoms with E-state index in [1.807, 2.05) is 24.3 Å². The number of methoxy groups -OCH3 is 1. The number of nitrogens with two attached hydrogens (primary N) is 1. The van der Waals surface area contributed by atoms with Crippen LogP contribution < -0.4 is 15.2 Å². The summed E-state index contributed by atoms with van der Waals surface area (Å²) in [6, 6.07) is 7.53. The highest BCUT2D eigenvalue weighted by molar-refractivity contribution is 6.31. The fourth-order valence-electron chi connectivity index (χ4n) is 1.85. The summed E-state index contributed by atoms with van der Waals surface area (Å²) in [6.45, 7) is 0.949. The second kappa shape index (κ2) is 7.12. The maximum atomic E-state index is 6.06. The average molecular weight is 293 g/mol. The Balaban J connectivity index is 2.14. The molecule has 5 heteroatoms. The van der Waals surface area contributed by atoms with Crippen molar-refractivity contribution in [3.05, 3.63) is 52.8 Å². The molecule has 1 aromatic carbocycles. The van der Waals surface area contributed by atoms with Crippen molar-refractivity contribution in [3.8, 4) is 11.5 Å². The highest BCUT2D eigenvalue weighted by atomic mass is 35.5. The highest BCUT2D eigenvalue weighted by Gasteiger charge is 2.07. The SMILES string of the molecule is COc1ccc(OCc2ccncc2Cl)c(CCN)c1. The number of hydrogen-bond donors (Lipinski definition) is 1. The van der Waals surface area contributed by atoms with Gasteiger partial charge in [-0.3, -0.25) is 4.98 Å². The van der Waals surface area contributed by atoms with Gasteiger partial charge in [0.1, 0.15) is 18.1 Å². The predicted octanol–water partition coefficient (Wildman–Crippen LogP) is 2.82. The zero-order chi connectivity index (χ0) is 14.4. The van der Waals surface area contributed by atoms with E-state index in [4.69, 9.17) is 26.8 Å². The van der Waals surface area contributed by atoms with E-state index >= 15 is 0 Å². The molecule has 0 spiro atoms. The van der Waals surface area contributed by atoms with E-state index < -0.39 is 0 Å². The van der Waals surface area contributed by atoms with E-state index in [1.54, 1.807) is 19.5 Å². The molecule has 0 saturated carbocycles. The highest BCUT2D eigenvalue weighted by Crippen LogP contribution is 2.26. The van der Waals surface area contributed by atoms with Gasteiger partial charge in [-0.15, -0.1) is 0 Å². The Labute approximate surface area is 123 Å². The molecule has 0 bridgehead atoms. The molecule has 2 rings (SSSR count). The summed E-state index contributed by atoms with van der Waals surface area (Å²) in [6.07, 6.45) is 4.03. The number of benzene rings is 1. The van der Waals surface area contributed by atoms with Crippen molar-refractivity contribution in [2.45, 2.75) is 13.0 Å². The molecule has 2 aromatic rings. The first kappa shape index (κ1) is 14.6. The molecular formula is C15H17ClN2O2. The fourth-order valence-corrected chi connectivity index (χ4v) is 2.02. The van der Waals surface area contributed by atoms with Gasteiger partial charge in [0.25, 0.3) is 0 Å². The molecule has 0 atom stereocenters. The van der Waals surface area contributed by atoms with Crippen molar-refractivity contribution in [2.24, 2.45) is 5.73 Å². The molecule has 0 saturated heterocycles. The molecule has 1 heterocycles. The Hall–Kier alpha value is -1.78. The number of ether oxygens (including phenoxy) is 2. The van der Waals surface area contributed by atoms with Crippen LogP contribution in [-0.4, -0.2) is 18.6 Å². The molecule has 0 aliphatic rings. The van der Waals surface area contributed by atoms with Crippen molar-refractivity contribution in [1.82, 2.24) is 4.98 Å². The van der Waals surface area contributed by atoms with E-state index in [1.165, 1.54) is 0 Å². The first-order chi connectivity index (χ1) is 9.74. The van der Waals surface area contributed by atoms with Crippen LogP contribution in [0.5, 0.6) is 11.5 Å². The Bertz CT molecular complexity index is 576. The summed E-state index contributed by atoms with van der Waals surface area (Å²) in [5, 5.41) is 0.599. The molecule has 106 valence electrons. The lowest BCUT2D eigenvalue weighted by atomic mass is 10.1. The van der Waals surface area contributed by atoms with Gasteiger partial charge in [0.15, 0.2) is 0 Å². The van der Waals surface area contributed by atoms with Gasteiger partial charge in [0, 0.05) is 18.0 Å². The number of pyridine rings is 1. The largest absolute Gasteiger partial charge is 0.497 e. The lowest BCUT2D eigenvalue weighted by Gasteiger charge is -2.13. The molecule has 4 nitrogen and oxygen atoms in total. The van der Waals surface area contributed by atoms with Gasteiger partial charge >= 0.3 is 0 Å². The smallest absolute Gasteiger partial charge is 0.123 e. The topological polar surface area (TPSA) is 57.4 Å². The van der Waals surface area contributed by atoms with Gasteiger partial charge in [-0.1, -0.05) is 11.6 Å². The van der Waals surface area contributed by atoms with Crippen LogP contribution in [0.3, 0.4) is 0 Å². The molecule has 2 N–H and O–H groups in total. The van der Waals surface area contributed by atoms with Crippen LogP contribution in [0.4, 0.5) is 0 Å². The number of aromatic nitrogens is 1. The Kier molecular flexibility index (Phi) is 5.21. The van der Waals surface area contributed by atoms with Gasteiger partial charge < -0.3 is 15.2 Å². The van der Waals surface area contributed by atoms with Crippen molar-refractivity contribution < 1.29 is 9.47 Å². The Morgan fingerprint density at radius 2 is 2.10 bits per heavy atom. The van der Waals surface area contributed by atoms with E-state index in [0.717, 1.165) is 29.0 Å². The molecule has 0 amide bonds. The minimum atomic E-state index is 0.394. The molecule has 0 aliphatic carbocycles. The van der Waals surface area contributed by atoms with Crippen molar-refractivity contribution in [1.29, 1.82) is 0 Å². The summed E-state index contributed by atoms with van der Waals surface area (Å²) in [4.78, 5) is 3.95. The van der Waals surface area contributed by atoms with Gasteiger partial charge in [0.2, 0.25) is 0 Å². The lowest BCUT2D eigenvalue weighted by molar-refractivity contribution is 0.302. The third-order valence-electron chi connectivity index (χ3n) is 2.92. The molecule has 0 fully saturated rings. The van der Waals surface area contributed by atoms with Crippen LogP contribution in [0.15, 0.2) is 36.7 Å². The molecule has 0 aliphatic heterocycles. The third-order valence-corrected chi connectivity index (χ3v) is 3.26. The molecule has 0 radical (unpaired) electrons. The monoisotopic (exact) mass is 292 g/mol. The van der Waals surface area contributed by atoms with Gasteiger partial charge in [-0.25, -0.2) is 0 Å². The van der Waals surface area contributed by atoms with Crippen LogP contribution >= 0.6 is 11.6 Å². The minimum absolute atomic E-state index is 0.394. The predicted molar refractivity (Wildman–Crippen MR) is 79.3 cm³/mol. The standard InChI is InChI=1S/C15H17ClN2O2/c1-19-13-2-3-15(11(8-13)4-6-17)20-10-12-5-7-18-9-14(12)16/h2-3,5,7-9H,4,6,10,17H2,1H3. The van der Waals surface area contributed by atoms with Gasteiger partial charge in [-0.2, -0.15) is 0 Å². The number of rotatable bonds is 6. The van der Waals surface area contributed by atoms with E-state index in [0.29, 0.717) is 18.2 Å². The number of hydrogen-bond acceptors (Lipinski definition) is 4. The summed E-state index contributed by atoms with van der Waals surface area (Å²) in [5.74, 6) is 1.59. The second-order valence-corrected chi connectivity index (χ2v) is 4.68. The van der Waals surface area contributed by atoms with E-state index in [2.05, 4.69) is 4.98 Å². The Morgan fingerprint density at radius 3 is 2.80 bits per heavy atom. The quantitative estimate of drug-likeness (QED) is 0.889. The van der Waals surface area contributed by atoms with Crippen molar-refractivity contribution >= 4 is 11.6 Å². The number of halogens is 1. The summed E-state index contributed by atoms with van der Waals surface area (Å²) >= 11 is 6.06. The molecule has 20 heavy (non-hydrogen) atoms. The second-order valence-electron chi connectivity index (χ2n) is 4.27. The Morgan fingerprint density at radius 1 is 1.25 bits per heavy atom. The van der Waals surface area contributed by atoms with E-state index in [-0.39, 0.29) is 0 Å². The van der Waals surface area contributed by atoms with Crippen LogP contribution in [0.25, 0.3) is 0 Å². The van der Waals surface area contributed by atoms with Crippen molar-refractivity contribution in [3.63, 3.8) is 0 Å². The minimum Gasteiger partial charge on any atom is -0.497 e. The van der Waals surface area contributed by atoms with Crippen LogP contribution in [0.1, 0.15) is 11.1 Å². The zero-order valence-electron chi connectivity index (χ0n) is 11.3. The summed E-state index contributed by atoms with van der Waals surface area (Å²) in [5.41, 5.74) is 7.55. The lowest BCUT2D eigenvalue weighted by Crippen LogP contribution is -2.06. The average Bonchev–Trinajstić information content (AvgIpc) is 2.47. The van der Waals surface area contributed by atoms with E-state index in [9.17, 15) is 0 Å². The van der Waals surface area contributed by atoms with Gasteiger partial charge in [0.05, 0.1) is 12.1 Å². The summed E-state index contributed by atoms with van der Waals surface area (Å²) < 4.78 is 11.0. The molecule has 0 unspecified atom stereocenters. The maximum Gasteiger partial charge on any atom is 0.123 e. The first-order valence-electron chi connectivity index (χ1n) is 6.32. The van der Waals surface area contributed by atoms with Crippen LogP contribution in [-0.2, 0) is 13.0 Å². The third kappa shape index (κ3) is 3.62. The van der Waals surface area contributed by atoms with Gasteiger partial charge in [-0.05, 0) is 42.8 Å². The zero-order valence-corrected chi connectivity index (χ0v) is 12.1. The number of nitrogens with zero attached hydrogens (tertiary/aromatic N) is 1. The van der Waals surface area contributed by atoms with Crippen LogP contribution in [0.2, 0.25) is 5.02 Å².